The van der Waals surface area contributed by atoms with Gasteiger partial charge in [-0.1, -0.05) is 6.07 Å². The highest BCUT2D eigenvalue weighted by Gasteiger charge is 2.04. The predicted octanol–water partition coefficient (Wildman–Crippen LogP) is 1.41. The molecule has 2 aromatic rings. The molecule has 0 fully saturated rings. The first-order valence-corrected chi connectivity index (χ1v) is 5.29. The first kappa shape index (κ1) is 11.2. The number of carbonyl (C=O) groups is 1. The molecule has 0 aliphatic heterocycles. The van der Waals surface area contributed by atoms with Gasteiger partial charge in [-0.25, -0.2) is 0 Å². The number of hydrogen-bond acceptors (Lipinski definition) is 3. The molecule has 0 atom stereocenters. The Kier molecular flexibility index (Phi) is 3.09. The summed E-state index contributed by atoms with van der Waals surface area (Å²) in [6.45, 7) is 2.08. The molecule has 5 nitrogen and oxygen atoms in total. The summed E-state index contributed by atoms with van der Waals surface area (Å²) in [7, 11) is 0. The van der Waals surface area contributed by atoms with Crippen LogP contribution >= 0.6 is 0 Å². The third-order valence-electron chi connectivity index (χ3n) is 2.25. The highest BCUT2D eigenvalue weighted by molar-refractivity contribution is 5.90. The zero-order valence-electron chi connectivity index (χ0n) is 9.55. The summed E-state index contributed by atoms with van der Waals surface area (Å²) in [6, 6.07) is 8.93. The average molecular weight is 230 g/mol. The first-order valence-electron chi connectivity index (χ1n) is 5.29. The van der Waals surface area contributed by atoms with Gasteiger partial charge in [0.05, 0.1) is 5.69 Å². The summed E-state index contributed by atoms with van der Waals surface area (Å²) in [5.74, 6) is -0.126. The van der Waals surface area contributed by atoms with Gasteiger partial charge in [0.1, 0.15) is 6.54 Å². The minimum Gasteiger partial charge on any atom is -0.399 e. The lowest BCUT2D eigenvalue weighted by atomic mass is 10.3. The molecule has 3 N–H and O–H groups in total. The first-order chi connectivity index (χ1) is 8.13. The summed E-state index contributed by atoms with van der Waals surface area (Å²) in [5.41, 5.74) is 7.83. The summed E-state index contributed by atoms with van der Waals surface area (Å²) < 4.78 is 1.59. The van der Waals surface area contributed by atoms with Crippen molar-refractivity contribution in [1.82, 2.24) is 9.78 Å². The Morgan fingerprint density at radius 3 is 2.94 bits per heavy atom. The third kappa shape index (κ3) is 3.07. The summed E-state index contributed by atoms with van der Waals surface area (Å²) in [6.07, 6.45) is 1.77. The fourth-order valence-electron chi connectivity index (χ4n) is 1.52. The Balaban J connectivity index is 1.98. The molecule has 0 radical (unpaired) electrons. The molecule has 5 heteroatoms. The SMILES string of the molecule is Cc1ccn(CC(=O)Nc2cccc(N)c2)n1. The molecule has 0 aliphatic rings. The van der Waals surface area contributed by atoms with Gasteiger partial charge in [-0.3, -0.25) is 9.48 Å². The fraction of sp³-hybridized carbons (Fsp3) is 0.167. The summed E-state index contributed by atoms with van der Waals surface area (Å²) in [4.78, 5) is 11.7. The average Bonchev–Trinajstić information content (AvgIpc) is 2.63. The maximum absolute atomic E-state index is 11.7. The molecular weight excluding hydrogens is 216 g/mol. The third-order valence-corrected chi connectivity index (χ3v) is 2.25. The number of benzene rings is 1. The second kappa shape index (κ2) is 4.69. The van der Waals surface area contributed by atoms with Gasteiger partial charge in [0.15, 0.2) is 0 Å². The number of rotatable bonds is 3. The van der Waals surface area contributed by atoms with Crippen molar-refractivity contribution >= 4 is 17.3 Å². The van der Waals surface area contributed by atoms with Crippen molar-refractivity contribution in [1.29, 1.82) is 0 Å². The van der Waals surface area contributed by atoms with Crippen molar-refractivity contribution in [3.63, 3.8) is 0 Å². The Bertz CT molecular complexity index is 533. The van der Waals surface area contributed by atoms with Crippen molar-refractivity contribution in [3.8, 4) is 0 Å². The monoisotopic (exact) mass is 230 g/mol. The lowest BCUT2D eigenvalue weighted by Crippen LogP contribution is -2.19. The van der Waals surface area contributed by atoms with Crippen LogP contribution in [0.15, 0.2) is 36.5 Å². The number of hydrogen-bond donors (Lipinski definition) is 2. The Morgan fingerprint density at radius 2 is 2.29 bits per heavy atom. The fourth-order valence-corrected chi connectivity index (χ4v) is 1.52. The molecule has 0 saturated carbocycles. The molecule has 0 unspecified atom stereocenters. The molecule has 0 bridgehead atoms. The van der Waals surface area contributed by atoms with Crippen LogP contribution in [0.3, 0.4) is 0 Å². The molecule has 1 aromatic heterocycles. The molecule has 0 saturated heterocycles. The number of aryl methyl sites for hydroxylation is 1. The lowest BCUT2D eigenvalue weighted by Gasteiger charge is -2.05. The van der Waals surface area contributed by atoms with Crippen LogP contribution in [0.5, 0.6) is 0 Å². The Labute approximate surface area is 99.2 Å². The van der Waals surface area contributed by atoms with Gasteiger partial charge in [-0.2, -0.15) is 5.10 Å². The number of anilines is 2. The van der Waals surface area contributed by atoms with Crippen LogP contribution < -0.4 is 11.1 Å². The van der Waals surface area contributed by atoms with E-state index in [-0.39, 0.29) is 12.5 Å². The van der Waals surface area contributed by atoms with E-state index in [2.05, 4.69) is 10.4 Å². The van der Waals surface area contributed by atoms with E-state index in [0.717, 1.165) is 5.69 Å². The van der Waals surface area contributed by atoms with E-state index in [4.69, 9.17) is 5.73 Å². The van der Waals surface area contributed by atoms with Gasteiger partial charge in [-0.15, -0.1) is 0 Å². The predicted molar refractivity (Wildman–Crippen MR) is 66.4 cm³/mol. The molecule has 0 spiro atoms. The number of nitrogens with zero attached hydrogens (tertiary/aromatic N) is 2. The van der Waals surface area contributed by atoms with Crippen molar-refractivity contribution < 1.29 is 4.79 Å². The quantitative estimate of drug-likeness (QED) is 0.783. The molecular formula is C12H14N4O. The summed E-state index contributed by atoms with van der Waals surface area (Å²) >= 11 is 0. The van der Waals surface area contributed by atoms with Gasteiger partial charge in [0, 0.05) is 17.6 Å². The minimum atomic E-state index is -0.126. The summed E-state index contributed by atoms with van der Waals surface area (Å²) in [5, 5.41) is 6.90. The van der Waals surface area contributed by atoms with Crippen LogP contribution in [0.2, 0.25) is 0 Å². The normalized spacial score (nSPS) is 10.2. The van der Waals surface area contributed by atoms with Crippen LogP contribution in [0.4, 0.5) is 11.4 Å². The van der Waals surface area contributed by atoms with E-state index in [1.54, 1.807) is 35.1 Å². The largest absolute Gasteiger partial charge is 0.399 e. The van der Waals surface area contributed by atoms with Crippen molar-refractivity contribution in [2.24, 2.45) is 0 Å². The maximum atomic E-state index is 11.7. The van der Waals surface area contributed by atoms with E-state index in [9.17, 15) is 4.79 Å². The van der Waals surface area contributed by atoms with Crippen molar-refractivity contribution in [2.45, 2.75) is 13.5 Å². The number of nitrogen functional groups attached to an aromatic ring is 1. The van der Waals surface area contributed by atoms with E-state index in [1.807, 2.05) is 13.0 Å². The van der Waals surface area contributed by atoms with Crippen LogP contribution in [0.25, 0.3) is 0 Å². The second-order valence-electron chi connectivity index (χ2n) is 3.83. The number of nitrogens with two attached hydrogens (primary N) is 1. The number of carbonyl (C=O) groups excluding carboxylic acids is 1. The minimum absolute atomic E-state index is 0.126. The van der Waals surface area contributed by atoms with Crippen molar-refractivity contribution in [3.05, 3.63) is 42.2 Å². The highest BCUT2D eigenvalue weighted by Crippen LogP contribution is 2.11. The number of nitrogens with one attached hydrogen (secondary N) is 1. The van der Waals surface area contributed by atoms with Gasteiger partial charge in [0.25, 0.3) is 0 Å². The molecule has 1 amide bonds. The number of amides is 1. The Morgan fingerprint density at radius 1 is 1.47 bits per heavy atom. The van der Waals surface area contributed by atoms with Gasteiger partial charge in [-0.05, 0) is 31.2 Å². The number of aromatic nitrogens is 2. The van der Waals surface area contributed by atoms with Crippen LogP contribution in [0, 0.1) is 6.92 Å². The molecule has 2 rings (SSSR count). The van der Waals surface area contributed by atoms with Crippen LogP contribution in [0.1, 0.15) is 5.69 Å². The van der Waals surface area contributed by atoms with Crippen molar-refractivity contribution in [2.75, 3.05) is 11.1 Å². The maximum Gasteiger partial charge on any atom is 0.246 e. The molecule has 17 heavy (non-hydrogen) atoms. The van der Waals surface area contributed by atoms with Gasteiger partial charge >= 0.3 is 0 Å². The van der Waals surface area contributed by atoms with Gasteiger partial charge < -0.3 is 11.1 Å². The van der Waals surface area contributed by atoms with Crippen LogP contribution in [-0.4, -0.2) is 15.7 Å². The smallest absolute Gasteiger partial charge is 0.246 e. The standard InChI is InChI=1S/C12H14N4O/c1-9-5-6-16(15-9)8-12(17)14-11-4-2-3-10(13)7-11/h2-7H,8,13H2,1H3,(H,14,17). The Hall–Kier alpha value is -2.30. The topological polar surface area (TPSA) is 72.9 Å². The zero-order valence-corrected chi connectivity index (χ0v) is 9.55. The molecule has 1 aromatic carbocycles. The lowest BCUT2D eigenvalue weighted by molar-refractivity contribution is -0.116. The molecule has 88 valence electrons. The van der Waals surface area contributed by atoms with Crippen LogP contribution in [-0.2, 0) is 11.3 Å². The highest BCUT2D eigenvalue weighted by atomic mass is 16.2. The van der Waals surface area contributed by atoms with E-state index < -0.39 is 0 Å². The second-order valence-corrected chi connectivity index (χ2v) is 3.83. The molecule has 0 aliphatic carbocycles. The van der Waals surface area contributed by atoms with E-state index >= 15 is 0 Å². The van der Waals surface area contributed by atoms with E-state index in [1.165, 1.54) is 0 Å². The molecule has 1 heterocycles. The zero-order chi connectivity index (χ0) is 12.3. The van der Waals surface area contributed by atoms with E-state index in [0.29, 0.717) is 11.4 Å². The van der Waals surface area contributed by atoms with Gasteiger partial charge in [0.2, 0.25) is 5.91 Å².